The number of nitrogens with two attached hydrogens (primary N) is 1. The maximum absolute atomic E-state index is 6.07. The Morgan fingerprint density at radius 3 is 3.00 bits per heavy atom. The van der Waals surface area contributed by atoms with Crippen molar-refractivity contribution < 1.29 is 4.74 Å². The van der Waals surface area contributed by atoms with Crippen LogP contribution in [0.15, 0.2) is 30.6 Å². The van der Waals surface area contributed by atoms with Gasteiger partial charge in [-0.05, 0) is 24.6 Å². The van der Waals surface area contributed by atoms with E-state index in [1.54, 1.807) is 30.6 Å². The second kappa shape index (κ2) is 6.24. The lowest BCUT2D eigenvalue weighted by atomic mass is 10.3. The summed E-state index contributed by atoms with van der Waals surface area (Å²) in [6.45, 7) is 2.64. The number of rotatable bonds is 5. The second-order valence-corrected chi connectivity index (χ2v) is 4.36. The van der Waals surface area contributed by atoms with E-state index in [0.29, 0.717) is 34.7 Å². The van der Waals surface area contributed by atoms with Crippen LogP contribution in [0.3, 0.4) is 0 Å². The molecule has 0 radical (unpaired) electrons. The van der Waals surface area contributed by atoms with Gasteiger partial charge < -0.3 is 15.8 Å². The van der Waals surface area contributed by atoms with Crippen LogP contribution < -0.4 is 15.8 Å². The molecule has 1 aromatic heterocycles. The minimum atomic E-state index is 0.479. The summed E-state index contributed by atoms with van der Waals surface area (Å²) in [6, 6.07) is 5.20. The highest BCUT2D eigenvalue weighted by molar-refractivity contribution is 6.33. The van der Waals surface area contributed by atoms with Crippen LogP contribution in [0.2, 0.25) is 5.02 Å². The van der Waals surface area contributed by atoms with Crippen molar-refractivity contribution in [2.45, 2.75) is 13.3 Å². The lowest BCUT2D eigenvalue weighted by Crippen LogP contribution is -2.01. The van der Waals surface area contributed by atoms with Gasteiger partial charge in [0.05, 0.1) is 29.7 Å². The molecule has 3 N–H and O–H groups in total. The maximum atomic E-state index is 6.07. The largest absolute Gasteiger partial charge is 0.477 e. The van der Waals surface area contributed by atoms with Crippen LogP contribution in [0, 0.1) is 0 Å². The van der Waals surface area contributed by atoms with Gasteiger partial charge in [0.15, 0.2) is 5.82 Å². The third kappa shape index (κ3) is 3.72. The van der Waals surface area contributed by atoms with Gasteiger partial charge in [0.1, 0.15) is 0 Å². The van der Waals surface area contributed by atoms with Crippen molar-refractivity contribution in [2.75, 3.05) is 17.7 Å². The Morgan fingerprint density at radius 1 is 1.37 bits per heavy atom. The van der Waals surface area contributed by atoms with Crippen molar-refractivity contribution in [3.63, 3.8) is 0 Å². The quantitative estimate of drug-likeness (QED) is 0.822. The minimum absolute atomic E-state index is 0.479. The molecule has 100 valence electrons. The number of ether oxygens (including phenoxy) is 1. The molecule has 6 heteroatoms. The predicted molar refractivity (Wildman–Crippen MR) is 77.0 cm³/mol. The molecule has 0 bridgehead atoms. The standard InChI is InChI=1S/C13H15ClN4O/c1-2-5-19-13-8-16-7-12(18-13)17-11-6-9(15)3-4-10(11)14/h3-4,6-8H,2,5,15H2,1H3,(H,17,18). The molecule has 0 spiro atoms. The Kier molecular flexibility index (Phi) is 4.41. The van der Waals surface area contributed by atoms with Crippen molar-refractivity contribution in [2.24, 2.45) is 0 Å². The molecule has 1 heterocycles. The molecule has 0 saturated heterocycles. The molecule has 0 aliphatic rings. The first-order valence-corrected chi connectivity index (χ1v) is 6.33. The molecular weight excluding hydrogens is 264 g/mol. The van der Waals surface area contributed by atoms with Crippen molar-refractivity contribution in [3.8, 4) is 5.88 Å². The monoisotopic (exact) mass is 278 g/mol. The van der Waals surface area contributed by atoms with Gasteiger partial charge >= 0.3 is 0 Å². The summed E-state index contributed by atoms with van der Waals surface area (Å²) < 4.78 is 5.42. The number of halogens is 1. The van der Waals surface area contributed by atoms with Crippen molar-refractivity contribution >= 4 is 28.8 Å². The average molecular weight is 279 g/mol. The van der Waals surface area contributed by atoms with E-state index in [2.05, 4.69) is 15.3 Å². The Bertz CT molecular complexity index is 562. The Labute approximate surface area is 116 Å². The van der Waals surface area contributed by atoms with E-state index in [4.69, 9.17) is 22.1 Å². The van der Waals surface area contributed by atoms with Crippen LogP contribution in [0.4, 0.5) is 17.2 Å². The van der Waals surface area contributed by atoms with Crippen LogP contribution in [0.5, 0.6) is 5.88 Å². The summed E-state index contributed by atoms with van der Waals surface area (Å²) in [5, 5.41) is 3.63. The molecule has 19 heavy (non-hydrogen) atoms. The minimum Gasteiger partial charge on any atom is -0.477 e. The number of hydrogen-bond acceptors (Lipinski definition) is 5. The van der Waals surface area contributed by atoms with Gasteiger partial charge in [0.25, 0.3) is 0 Å². The SMILES string of the molecule is CCCOc1cncc(Nc2cc(N)ccc2Cl)n1. The summed E-state index contributed by atoms with van der Waals surface area (Å²) in [6.07, 6.45) is 4.08. The van der Waals surface area contributed by atoms with Gasteiger partial charge in [0, 0.05) is 5.69 Å². The molecule has 2 rings (SSSR count). The summed E-state index contributed by atoms with van der Waals surface area (Å²) >= 11 is 6.07. The Hall–Kier alpha value is -2.01. The van der Waals surface area contributed by atoms with Crippen LogP contribution in [-0.2, 0) is 0 Å². The lowest BCUT2D eigenvalue weighted by Gasteiger charge is -2.09. The molecule has 0 unspecified atom stereocenters. The first-order valence-electron chi connectivity index (χ1n) is 5.96. The molecular formula is C13H15ClN4O. The molecule has 5 nitrogen and oxygen atoms in total. The highest BCUT2D eigenvalue weighted by atomic mass is 35.5. The zero-order valence-corrected chi connectivity index (χ0v) is 11.3. The van der Waals surface area contributed by atoms with Crippen molar-refractivity contribution in [3.05, 3.63) is 35.6 Å². The molecule has 0 saturated carbocycles. The van der Waals surface area contributed by atoms with Gasteiger partial charge in [-0.15, -0.1) is 0 Å². The van der Waals surface area contributed by atoms with E-state index >= 15 is 0 Å². The van der Waals surface area contributed by atoms with Gasteiger partial charge in [-0.3, -0.25) is 4.98 Å². The smallest absolute Gasteiger partial charge is 0.234 e. The van der Waals surface area contributed by atoms with Crippen LogP contribution in [-0.4, -0.2) is 16.6 Å². The molecule has 0 fully saturated rings. The van der Waals surface area contributed by atoms with Gasteiger partial charge in [-0.2, -0.15) is 4.98 Å². The highest BCUT2D eigenvalue weighted by Gasteiger charge is 2.04. The second-order valence-electron chi connectivity index (χ2n) is 3.96. The molecule has 0 aliphatic heterocycles. The number of nitrogens with zero attached hydrogens (tertiary/aromatic N) is 2. The molecule has 0 amide bonds. The molecule has 0 aliphatic carbocycles. The van der Waals surface area contributed by atoms with Gasteiger partial charge in [0.2, 0.25) is 5.88 Å². The Morgan fingerprint density at radius 2 is 2.21 bits per heavy atom. The number of nitrogens with one attached hydrogen (secondary N) is 1. The summed E-state index contributed by atoms with van der Waals surface area (Å²) in [5.74, 6) is 1.04. The zero-order chi connectivity index (χ0) is 13.7. The van der Waals surface area contributed by atoms with E-state index in [0.717, 1.165) is 6.42 Å². The maximum Gasteiger partial charge on any atom is 0.234 e. The first-order chi connectivity index (χ1) is 9.19. The van der Waals surface area contributed by atoms with Crippen LogP contribution in [0.25, 0.3) is 0 Å². The number of aromatic nitrogens is 2. The molecule has 1 aromatic carbocycles. The fourth-order valence-electron chi connectivity index (χ4n) is 1.46. The average Bonchev–Trinajstić information content (AvgIpc) is 2.41. The van der Waals surface area contributed by atoms with E-state index < -0.39 is 0 Å². The Balaban J connectivity index is 2.16. The fraction of sp³-hybridized carbons (Fsp3) is 0.231. The lowest BCUT2D eigenvalue weighted by molar-refractivity contribution is 0.304. The van der Waals surface area contributed by atoms with Gasteiger partial charge in [-0.1, -0.05) is 18.5 Å². The van der Waals surface area contributed by atoms with E-state index in [1.165, 1.54) is 0 Å². The third-order valence-electron chi connectivity index (χ3n) is 2.32. The van der Waals surface area contributed by atoms with E-state index in [-0.39, 0.29) is 0 Å². The topological polar surface area (TPSA) is 73.1 Å². The van der Waals surface area contributed by atoms with E-state index in [1.807, 2.05) is 6.92 Å². The van der Waals surface area contributed by atoms with Crippen molar-refractivity contribution in [1.82, 2.24) is 9.97 Å². The third-order valence-corrected chi connectivity index (χ3v) is 2.65. The number of nitrogen functional groups attached to an aromatic ring is 1. The number of hydrogen-bond donors (Lipinski definition) is 2. The van der Waals surface area contributed by atoms with Gasteiger partial charge in [-0.25, -0.2) is 0 Å². The van der Waals surface area contributed by atoms with E-state index in [9.17, 15) is 0 Å². The first kappa shape index (κ1) is 13.4. The summed E-state index contributed by atoms with van der Waals surface area (Å²) in [5.41, 5.74) is 7.02. The highest BCUT2D eigenvalue weighted by Crippen LogP contribution is 2.26. The fourth-order valence-corrected chi connectivity index (χ4v) is 1.63. The zero-order valence-electron chi connectivity index (χ0n) is 10.6. The predicted octanol–water partition coefficient (Wildman–Crippen LogP) is 3.24. The number of benzene rings is 1. The van der Waals surface area contributed by atoms with Crippen LogP contribution >= 0.6 is 11.6 Å². The summed E-state index contributed by atoms with van der Waals surface area (Å²) in [7, 11) is 0. The normalized spacial score (nSPS) is 10.2. The summed E-state index contributed by atoms with van der Waals surface area (Å²) in [4.78, 5) is 8.34. The number of anilines is 3. The molecule has 0 atom stereocenters. The van der Waals surface area contributed by atoms with Crippen molar-refractivity contribution in [1.29, 1.82) is 0 Å². The molecule has 2 aromatic rings. The van der Waals surface area contributed by atoms with Crippen LogP contribution in [0.1, 0.15) is 13.3 Å².